The monoisotopic (exact) mass is 357 g/mol. The minimum absolute atomic E-state index is 0.0359. The normalized spacial score (nSPS) is 22.8. The van der Waals surface area contributed by atoms with E-state index in [1.807, 2.05) is 24.3 Å². The zero-order valence-corrected chi connectivity index (χ0v) is 15.6. The van der Waals surface area contributed by atoms with Crippen LogP contribution in [0.15, 0.2) is 48.5 Å². The van der Waals surface area contributed by atoms with Crippen LogP contribution in [0.4, 0.5) is 0 Å². The van der Waals surface area contributed by atoms with Crippen molar-refractivity contribution in [2.45, 2.75) is 32.7 Å². The first-order chi connectivity index (χ1) is 11.8. The Bertz CT molecular complexity index is 869. The van der Waals surface area contributed by atoms with Gasteiger partial charge < -0.3 is 0 Å². The minimum atomic E-state index is -3.68. The van der Waals surface area contributed by atoms with Gasteiger partial charge in [0, 0.05) is 12.5 Å². The summed E-state index contributed by atoms with van der Waals surface area (Å²) in [5, 5.41) is 0. The molecule has 1 aliphatic carbocycles. The van der Waals surface area contributed by atoms with Gasteiger partial charge in [0.15, 0.2) is 0 Å². The molecule has 1 fully saturated rings. The zero-order valence-electron chi connectivity index (χ0n) is 14.8. The Morgan fingerprint density at radius 2 is 1.52 bits per heavy atom. The van der Waals surface area contributed by atoms with E-state index in [2.05, 4.69) is 45.0 Å². The second-order valence-corrected chi connectivity index (χ2v) is 9.48. The Morgan fingerprint density at radius 1 is 1.00 bits per heavy atom. The number of nitrogens with zero attached hydrogens (tertiary/aromatic N) is 1. The smallest absolute Gasteiger partial charge is 0.256 e. The molecule has 1 aliphatic heterocycles. The maximum atomic E-state index is 12.5. The second-order valence-electron chi connectivity index (χ2n) is 7.92. The van der Waals surface area contributed by atoms with E-state index in [0.717, 1.165) is 0 Å². The lowest BCUT2D eigenvalue weighted by Gasteiger charge is -2.33. The van der Waals surface area contributed by atoms with Crippen LogP contribution in [0.5, 0.6) is 0 Å². The van der Waals surface area contributed by atoms with Gasteiger partial charge in [-0.1, -0.05) is 69.3 Å². The van der Waals surface area contributed by atoms with Gasteiger partial charge in [-0.25, -0.2) is 0 Å². The summed E-state index contributed by atoms with van der Waals surface area (Å²) in [6.07, 6.45) is 0. The van der Waals surface area contributed by atoms with Crippen LogP contribution in [-0.2, 0) is 14.5 Å². The molecule has 0 amide bonds. The molecule has 0 aromatic heterocycles. The molecule has 1 saturated heterocycles. The minimum Gasteiger partial charge on any atom is -0.256 e. The van der Waals surface area contributed by atoms with E-state index in [1.165, 1.54) is 22.3 Å². The van der Waals surface area contributed by atoms with Crippen molar-refractivity contribution in [1.82, 2.24) is 4.31 Å². The van der Waals surface area contributed by atoms with E-state index >= 15 is 0 Å². The Labute approximate surface area is 149 Å². The quantitative estimate of drug-likeness (QED) is 0.821. The highest BCUT2D eigenvalue weighted by Gasteiger charge is 2.46. The van der Waals surface area contributed by atoms with Gasteiger partial charge in [0.25, 0.3) is 0 Å². The van der Waals surface area contributed by atoms with Crippen LogP contribution in [0.25, 0.3) is 11.1 Å². The third-order valence-electron chi connectivity index (χ3n) is 5.33. The lowest BCUT2D eigenvalue weighted by molar-refractivity contribution is 0.173. The second kappa shape index (κ2) is 5.66. The van der Waals surface area contributed by atoms with Crippen LogP contribution in [0.2, 0.25) is 0 Å². The average Bonchev–Trinajstić information content (AvgIpc) is 3.04. The van der Waals surface area contributed by atoms with Crippen LogP contribution in [0.3, 0.4) is 0 Å². The van der Waals surface area contributed by atoms with Gasteiger partial charge in [0.05, 0.1) is 12.6 Å². The summed E-state index contributed by atoms with van der Waals surface area (Å²) in [5.41, 5.74) is 4.61. The van der Waals surface area contributed by atoms with Gasteiger partial charge in [-0.3, -0.25) is 4.18 Å². The number of hydrogen-bond donors (Lipinski definition) is 0. The molecule has 1 atom stereocenters. The van der Waals surface area contributed by atoms with Crippen LogP contribution >= 0.6 is 0 Å². The third-order valence-corrected chi connectivity index (χ3v) is 6.75. The summed E-state index contributed by atoms with van der Waals surface area (Å²) in [7, 11) is -3.68. The van der Waals surface area contributed by atoms with Crippen molar-refractivity contribution in [3.8, 4) is 11.1 Å². The van der Waals surface area contributed by atoms with Gasteiger partial charge in [-0.05, 0) is 27.7 Å². The first-order valence-corrected chi connectivity index (χ1v) is 10.00. The van der Waals surface area contributed by atoms with Crippen molar-refractivity contribution in [2.75, 3.05) is 13.2 Å². The summed E-state index contributed by atoms with van der Waals surface area (Å²) >= 11 is 0. The zero-order chi connectivity index (χ0) is 17.8. The summed E-state index contributed by atoms with van der Waals surface area (Å²) < 4.78 is 31.8. The molecule has 2 aliphatic rings. The van der Waals surface area contributed by atoms with E-state index in [4.69, 9.17) is 4.18 Å². The van der Waals surface area contributed by atoms with Crippen LogP contribution in [0.1, 0.15) is 37.8 Å². The summed E-state index contributed by atoms with van der Waals surface area (Å²) in [6.45, 7) is 6.82. The average molecular weight is 357 g/mol. The van der Waals surface area contributed by atoms with Gasteiger partial charge in [0.1, 0.15) is 0 Å². The van der Waals surface area contributed by atoms with E-state index in [-0.39, 0.29) is 24.0 Å². The van der Waals surface area contributed by atoms with Crippen molar-refractivity contribution in [3.05, 3.63) is 59.7 Å². The molecule has 4 rings (SSSR count). The SMILES string of the molecule is CC(C)(C)[C@H]1COS(=O)(=O)N1CC1c2ccccc2-c2ccccc21. The fourth-order valence-corrected chi connectivity index (χ4v) is 5.45. The maximum absolute atomic E-state index is 12.5. The first-order valence-electron chi connectivity index (χ1n) is 8.63. The van der Waals surface area contributed by atoms with Gasteiger partial charge in [-0.2, -0.15) is 12.7 Å². The van der Waals surface area contributed by atoms with Gasteiger partial charge in [0.2, 0.25) is 0 Å². The Hall–Kier alpha value is -1.69. The van der Waals surface area contributed by atoms with Crippen molar-refractivity contribution in [1.29, 1.82) is 0 Å². The number of fused-ring (bicyclic) bond motifs is 3. The van der Waals surface area contributed by atoms with Crippen molar-refractivity contribution < 1.29 is 12.6 Å². The lowest BCUT2D eigenvalue weighted by atomic mass is 9.86. The van der Waals surface area contributed by atoms with E-state index in [1.54, 1.807) is 4.31 Å². The van der Waals surface area contributed by atoms with E-state index in [0.29, 0.717) is 6.54 Å². The van der Waals surface area contributed by atoms with Crippen molar-refractivity contribution in [2.24, 2.45) is 5.41 Å². The molecule has 0 spiro atoms. The number of hydrogen-bond acceptors (Lipinski definition) is 3. The fraction of sp³-hybridized carbons (Fsp3) is 0.400. The molecule has 0 N–H and O–H groups in total. The molecule has 4 nitrogen and oxygen atoms in total. The molecule has 0 bridgehead atoms. The molecule has 0 saturated carbocycles. The molecule has 2 aromatic carbocycles. The largest absolute Gasteiger partial charge is 0.338 e. The van der Waals surface area contributed by atoms with Crippen molar-refractivity contribution >= 4 is 10.3 Å². The van der Waals surface area contributed by atoms with Gasteiger partial charge >= 0.3 is 10.3 Å². The third kappa shape index (κ3) is 2.71. The Balaban J connectivity index is 1.78. The summed E-state index contributed by atoms with van der Waals surface area (Å²) in [4.78, 5) is 0. The van der Waals surface area contributed by atoms with Gasteiger partial charge in [-0.15, -0.1) is 0 Å². The molecule has 5 heteroatoms. The summed E-state index contributed by atoms with van der Waals surface area (Å²) in [6, 6.07) is 16.4. The molecule has 25 heavy (non-hydrogen) atoms. The van der Waals surface area contributed by atoms with Crippen LogP contribution in [0, 0.1) is 5.41 Å². The standard InChI is InChI=1S/C20H23NO3S/c1-20(2,3)19-13-24-25(22,23)21(19)12-18-16-10-6-4-8-14(16)15-9-5-7-11-17(15)18/h4-11,18-19H,12-13H2,1-3H3/t19-/m1/s1. The molecule has 2 aromatic rings. The van der Waals surface area contributed by atoms with E-state index in [9.17, 15) is 8.42 Å². The van der Waals surface area contributed by atoms with Crippen LogP contribution < -0.4 is 0 Å². The lowest BCUT2D eigenvalue weighted by Crippen LogP contribution is -2.44. The summed E-state index contributed by atoms with van der Waals surface area (Å²) in [5.74, 6) is 0.0359. The van der Waals surface area contributed by atoms with Crippen LogP contribution in [-0.4, -0.2) is 31.9 Å². The highest BCUT2D eigenvalue weighted by Crippen LogP contribution is 2.46. The Morgan fingerprint density at radius 3 is 2.04 bits per heavy atom. The number of benzene rings is 2. The highest BCUT2D eigenvalue weighted by molar-refractivity contribution is 7.84. The predicted molar refractivity (Wildman–Crippen MR) is 98.5 cm³/mol. The molecule has 1 heterocycles. The first kappa shape index (κ1) is 16.8. The molecular weight excluding hydrogens is 334 g/mol. The number of rotatable bonds is 2. The topological polar surface area (TPSA) is 46.6 Å². The highest BCUT2D eigenvalue weighted by atomic mass is 32.2. The predicted octanol–water partition coefficient (Wildman–Crippen LogP) is 3.79. The molecule has 132 valence electrons. The molecular formula is C20H23NO3S. The molecule has 0 unspecified atom stereocenters. The van der Waals surface area contributed by atoms with Crippen molar-refractivity contribution in [3.63, 3.8) is 0 Å². The molecule has 0 radical (unpaired) electrons. The van der Waals surface area contributed by atoms with E-state index < -0.39 is 10.3 Å². The fourth-order valence-electron chi connectivity index (χ4n) is 3.99. The Kier molecular flexibility index (Phi) is 3.79. The maximum Gasteiger partial charge on any atom is 0.338 e.